The first-order valence-electron chi connectivity index (χ1n) is 5.24. The molecule has 0 spiro atoms. The van der Waals surface area contributed by atoms with E-state index >= 15 is 0 Å². The summed E-state index contributed by atoms with van der Waals surface area (Å²) >= 11 is 0. The van der Waals surface area contributed by atoms with Gasteiger partial charge in [0.15, 0.2) is 0 Å². The van der Waals surface area contributed by atoms with Gasteiger partial charge in [-0.05, 0) is 32.4 Å². The molecule has 0 bridgehead atoms. The Bertz CT molecular complexity index is 274. The van der Waals surface area contributed by atoms with E-state index in [0.29, 0.717) is 0 Å². The Balaban J connectivity index is 0. The zero-order chi connectivity index (χ0) is 12.3. The van der Waals surface area contributed by atoms with E-state index in [0.717, 1.165) is 11.3 Å². The van der Waals surface area contributed by atoms with E-state index in [4.69, 9.17) is 0 Å². The van der Waals surface area contributed by atoms with E-state index in [1.165, 1.54) is 5.57 Å². The van der Waals surface area contributed by atoms with Crippen molar-refractivity contribution in [1.29, 1.82) is 0 Å². The van der Waals surface area contributed by atoms with Crippen LogP contribution in [0.5, 0.6) is 0 Å². The molecule has 0 unspecified atom stereocenters. The molecule has 0 aliphatic heterocycles. The van der Waals surface area contributed by atoms with Gasteiger partial charge in [0, 0.05) is 6.21 Å². The van der Waals surface area contributed by atoms with E-state index in [-0.39, 0.29) is 0 Å². The molecule has 0 aliphatic rings. The third kappa shape index (κ3) is 10.6. The van der Waals surface area contributed by atoms with Crippen LogP contribution in [0, 0.1) is 0 Å². The molecule has 0 rings (SSSR count). The summed E-state index contributed by atoms with van der Waals surface area (Å²) in [6.07, 6.45) is 7.29. The second-order valence-electron chi connectivity index (χ2n) is 3.09. The molecular formula is C14H23N. The summed E-state index contributed by atoms with van der Waals surface area (Å²) in [5.74, 6) is 0. The number of rotatable bonds is 4. The van der Waals surface area contributed by atoms with Gasteiger partial charge in [-0.1, -0.05) is 44.7 Å². The molecule has 84 valence electrons. The van der Waals surface area contributed by atoms with Crippen LogP contribution in [-0.4, -0.2) is 6.21 Å². The predicted molar refractivity (Wildman–Crippen MR) is 72.4 cm³/mol. The van der Waals surface area contributed by atoms with Crippen molar-refractivity contribution in [3.8, 4) is 0 Å². The molecule has 0 aromatic carbocycles. The van der Waals surface area contributed by atoms with Crippen molar-refractivity contribution < 1.29 is 0 Å². The number of nitrogens with zero attached hydrogens (tertiary/aromatic N) is 1. The Hall–Kier alpha value is -1.37. The normalized spacial score (nSPS) is 10.3. The van der Waals surface area contributed by atoms with Crippen LogP contribution in [0.4, 0.5) is 0 Å². The maximum atomic E-state index is 4.19. The smallest absolute Gasteiger partial charge is 0.0652 e. The van der Waals surface area contributed by atoms with Gasteiger partial charge in [0.05, 0.1) is 5.70 Å². The highest BCUT2D eigenvalue weighted by Gasteiger charge is 1.90. The van der Waals surface area contributed by atoms with Crippen molar-refractivity contribution in [2.45, 2.75) is 34.6 Å². The highest BCUT2D eigenvalue weighted by molar-refractivity contribution is 5.72. The van der Waals surface area contributed by atoms with Gasteiger partial charge in [0.1, 0.15) is 0 Å². The molecule has 0 aromatic rings. The lowest BCUT2D eigenvalue weighted by molar-refractivity contribution is 1.29. The maximum Gasteiger partial charge on any atom is 0.0652 e. The van der Waals surface area contributed by atoms with Gasteiger partial charge in [-0.25, -0.2) is 0 Å². The monoisotopic (exact) mass is 205 g/mol. The molecule has 0 heterocycles. The summed E-state index contributed by atoms with van der Waals surface area (Å²) in [6, 6.07) is 0. The molecule has 15 heavy (non-hydrogen) atoms. The number of allylic oxidation sites excluding steroid dienone is 5. The second kappa shape index (κ2) is 10.7. The lowest BCUT2D eigenvalue weighted by atomic mass is 10.2. The molecule has 0 atom stereocenters. The van der Waals surface area contributed by atoms with Crippen LogP contribution in [0.15, 0.2) is 53.2 Å². The topological polar surface area (TPSA) is 12.4 Å². The molecule has 0 aromatic heterocycles. The number of hydrogen-bond acceptors (Lipinski definition) is 1. The van der Waals surface area contributed by atoms with Crippen LogP contribution < -0.4 is 0 Å². The highest BCUT2D eigenvalue weighted by Crippen LogP contribution is 2.08. The van der Waals surface area contributed by atoms with Gasteiger partial charge < -0.3 is 0 Å². The fraction of sp³-hybridized carbons (Fsp3) is 0.357. The summed E-state index contributed by atoms with van der Waals surface area (Å²) < 4.78 is 0. The van der Waals surface area contributed by atoms with Crippen LogP contribution in [0.1, 0.15) is 34.6 Å². The number of hydrogen-bond donors (Lipinski definition) is 0. The molecule has 0 amide bonds. The Labute approximate surface area is 94.6 Å². The molecule has 0 fully saturated rings. The summed E-state index contributed by atoms with van der Waals surface area (Å²) in [6.45, 7) is 17.4. The van der Waals surface area contributed by atoms with E-state index in [1.807, 2.05) is 46.8 Å². The third-order valence-corrected chi connectivity index (χ3v) is 1.33. The first-order valence-corrected chi connectivity index (χ1v) is 5.24. The molecule has 1 nitrogen and oxygen atoms in total. The third-order valence-electron chi connectivity index (χ3n) is 1.33. The van der Waals surface area contributed by atoms with Gasteiger partial charge in [-0.3, -0.25) is 4.99 Å². The molecular weight excluding hydrogens is 182 g/mol. The summed E-state index contributed by atoms with van der Waals surface area (Å²) in [5, 5.41) is 0. The Kier molecular flexibility index (Phi) is 11.5. The average molecular weight is 205 g/mol. The Morgan fingerprint density at radius 1 is 1.07 bits per heavy atom. The van der Waals surface area contributed by atoms with E-state index in [9.17, 15) is 0 Å². The zero-order valence-corrected chi connectivity index (χ0v) is 10.7. The van der Waals surface area contributed by atoms with Crippen LogP contribution in [-0.2, 0) is 0 Å². The van der Waals surface area contributed by atoms with Crippen LogP contribution in [0.3, 0.4) is 0 Å². The fourth-order valence-electron chi connectivity index (χ4n) is 0.674. The standard InChI is InChI=1S/C12H17N.C2H6/c1-6-9-13-12(11(4)5)8-7-10(2)3;1-2/h6-9H,1,4H2,2-3,5H3;1-2H3/b12-8+,13-9?;. The summed E-state index contributed by atoms with van der Waals surface area (Å²) in [5.41, 5.74) is 3.09. The van der Waals surface area contributed by atoms with Gasteiger partial charge >= 0.3 is 0 Å². The van der Waals surface area contributed by atoms with Crippen molar-refractivity contribution in [3.05, 3.63) is 48.2 Å². The minimum Gasteiger partial charge on any atom is -0.257 e. The largest absolute Gasteiger partial charge is 0.257 e. The lowest BCUT2D eigenvalue weighted by Gasteiger charge is -1.97. The predicted octanol–water partition coefficient (Wildman–Crippen LogP) is 4.70. The van der Waals surface area contributed by atoms with E-state index < -0.39 is 0 Å². The highest BCUT2D eigenvalue weighted by atomic mass is 14.7. The second-order valence-corrected chi connectivity index (χ2v) is 3.09. The maximum absolute atomic E-state index is 4.19. The molecule has 0 radical (unpaired) electrons. The van der Waals surface area contributed by atoms with Crippen molar-refractivity contribution in [2.24, 2.45) is 4.99 Å². The fourth-order valence-corrected chi connectivity index (χ4v) is 0.674. The first-order chi connectivity index (χ1) is 7.07. The minimum atomic E-state index is 0.890. The zero-order valence-electron chi connectivity index (χ0n) is 10.7. The molecule has 0 saturated carbocycles. The van der Waals surface area contributed by atoms with Gasteiger partial charge in [-0.15, -0.1) is 0 Å². The SMILES string of the molecule is C=CC=N/C(=C/C=C(C)C)C(=C)C.CC. The molecule has 0 saturated heterocycles. The van der Waals surface area contributed by atoms with Crippen LogP contribution >= 0.6 is 0 Å². The van der Waals surface area contributed by atoms with Gasteiger partial charge in [-0.2, -0.15) is 0 Å². The van der Waals surface area contributed by atoms with Crippen molar-refractivity contribution in [2.75, 3.05) is 0 Å². The van der Waals surface area contributed by atoms with Crippen molar-refractivity contribution in [1.82, 2.24) is 0 Å². The first kappa shape index (κ1) is 16.1. The van der Waals surface area contributed by atoms with Gasteiger partial charge in [0.2, 0.25) is 0 Å². The average Bonchev–Trinajstić information content (AvgIpc) is 2.20. The van der Waals surface area contributed by atoms with Crippen molar-refractivity contribution in [3.63, 3.8) is 0 Å². The van der Waals surface area contributed by atoms with E-state index in [1.54, 1.807) is 12.3 Å². The lowest BCUT2D eigenvalue weighted by Crippen LogP contribution is -1.79. The minimum absolute atomic E-state index is 0.890. The summed E-state index contributed by atoms with van der Waals surface area (Å²) in [4.78, 5) is 4.19. The Morgan fingerprint density at radius 3 is 1.93 bits per heavy atom. The summed E-state index contributed by atoms with van der Waals surface area (Å²) in [7, 11) is 0. The molecule has 0 N–H and O–H groups in total. The Morgan fingerprint density at radius 2 is 1.60 bits per heavy atom. The van der Waals surface area contributed by atoms with Crippen molar-refractivity contribution >= 4 is 6.21 Å². The number of aliphatic imine (C=N–C) groups is 1. The molecule has 0 aliphatic carbocycles. The molecule has 1 heteroatoms. The van der Waals surface area contributed by atoms with Crippen LogP contribution in [0.25, 0.3) is 0 Å². The van der Waals surface area contributed by atoms with Gasteiger partial charge in [0.25, 0.3) is 0 Å². The van der Waals surface area contributed by atoms with E-state index in [2.05, 4.69) is 18.2 Å². The quantitative estimate of drug-likeness (QED) is 0.466. The van der Waals surface area contributed by atoms with Crippen LogP contribution in [0.2, 0.25) is 0 Å².